The van der Waals surface area contributed by atoms with Crippen LogP contribution in [0, 0.1) is 30.0 Å². The molecule has 1 aromatic carbocycles. The first-order chi connectivity index (χ1) is 7.58. The molecule has 0 heterocycles. The molecule has 0 radical (unpaired) electrons. The smallest absolute Gasteiger partial charge is 0.126 e. The highest BCUT2D eigenvalue weighted by molar-refractivity contribution is 5.48. The average Bonchev–Trinajstić information content (AvgIpc) is 2.29. The summed E-state index contributed by atoms with van der Waals surface area (Å²) in [5.74, 6) is -0.167. The summed E-state index contributed by atoms with van der Waals surface area (Å²) in [6.07, 6.45) is 0.834. The number of hydrogen-bond acceptors (Lipinski definition) is 2. The lowest BCUT2D eigenvalue weighted by Gasteiger charge is -2.22. The number of aryl methyl sites for hydroxylation is 1. The van der Waals surface area contributed by atoms with Crippen molar-refractivity contribution in [3.8, 4) is 6.07 Å². The van der Waals surface area contributed by atoms with Crippen molar-refractivity contribution in [1.82, 2.24) is 0 Å². The molecule has 2 nitrogen and oxygen atoms in total. The fourth-order valence-electron chi connectivity index (χ4n) is 1.56. The van der Waals surface area contributed by atoms with E-state index in [1.807, 2.05) is 18.9 Å². The zero-order valence-electron chi connectivity index (χ0n) is 10.00. The Balaban J connectivity index is 2.77. The van der Waals surface area contributed by atoms with Crippen LogP contribution in [0.4, 0.5) is 10.1 Å². The number of halogens is 1. The molecule has 0 amide bonds. The Bertz CT molecular complexity index is 395. The zero-order valence-corrected chi connectivity index (χ0v) is 10.00. The third-order valence-corrected chi connectivity index (χ3v) is 2.75. The fourth-order valence-corrected chi connectivity index (χ4v) is 1.56. The summed E-state index contributed by atoms with van der Waals surface area (Å²) >= 11 is 0. The number of nitriles is 1. The topological polar surface area (TPSA) is 27.0 Å². The van der Waals surface area contributed by atoms with Crippen LogP contribution in [-0.4, -0.2) is 13.6 Å². The van der Waals surface area contributed by atoms with E-state index < -0.39 is 0 Å². The van der Waals surface area contributed by atoms with Crippen molar-refractivity contribution in [2.24, 2.45) is 5.92 Å². The summed E-state index contributed by atoms with van der Waals surface area (Å²) in [7, 11) is 1.92. The van der Waals surface area contributed by atoms with Gasteiger partial charge in [-0.3, -0.25) is 0 Å². The van der Waals surface area contributed by atoms with Gasteiger partial charge in [0.25, 0.3) is 0 Å². The van der Waals surface area contributed by atoms with Crippen LogP contribution in [0.25, 0.3) is 0 Å². The molecular formula is C13H17FN2. The summed E-state index contributed by atoms with van der Waals surface area (Å²) < 4.78 is 13.1. The van der Waals surface area contributed by atoms with Crippen molar-refractivity contribution in [2.45, 2.75) is 20.3 Å². The second kappa shape index (κ2) is 5.50. The molecule has 1 unspecified atom stereocenters. The highest BCUT2D eigenvalue weighted by Gasteiger charge is 2.10. The molecule has 0 aliphatic heterocycles. The summed E-state index contributed by atoms with van der Waals surface area (Å²) in [6, 6.07) is 7.28. The van der Waals surface area contributed by atoms with Gasteiger partial charge in [-0.25, -0.2) is 4.39 Å². The predicted molar refractivity (Wildman–Crippen MR) is 63.8 cm³/mol. The van der Waals surface area contributed by atoms with Crippen molar-refractivity contribution in [3.05, 3.63) is 29.6 Å². The minimum Gasteiger partial charge on any atom is -0.373 e. The van der Waals surface area contributed by atoms with Crippen molar-refractivity contribution in [2.75, 3.05) is 18.5 Å². The predicted octanol–water partition coefficient (Wildman–Crippen LogP) is 3.12. The van der Waals surface area contributed by atoms with Gasteiger partial charge in [0.2, 0.25) is 0 Å². The molecule has 0 saturated carbocycles. The minimum absolute atomic E-state index is 0.0235. The summed E-state index contributed by atoms with van der Waals surface area (Å²) in [4.78, 5) is 1.99. The second-order valence-electron chi connectivity index (χ2n) is 4.05. The molecule has 86 valence electrons. The molecule has 0 aromatic heterocycles. The maximum atomic E-state index is 13.1. The van der Waals surface area contributed by atoms with Crippen LogP contribution >= 0.6 is 0 Å². The molecule has 1 atom stereocenters. The normalized spacial score (nSPS) is 11.9. The highest BCUT2D eigenvalue weighted by Crippen LogP contribution is 2.18. The van der Waals surface area contributed by atoms with Gasteiger partial charge in [-0.15, -0.1) is 0 Å². The average molecular weight is 220 g/mol. The van der Waals surface area contributed by atoms with Crippen LogP contribution < -0.4 is 4.90 Å². The van der Waals surface area contributed by atoms with Crippen LogP contribution in [0.1, 0.15) is 18.9 Å². The molecule has 0 bridgehead atoms. The number of hydrogen-bond donors (Lipinski definition) is 0. The van der Waals surface area contributed by atoms with Gasteiger partial charge in [-0.05, 0) is 37.1 Å². The fraction of sp³-hybridized carbons (Fsp3) is 0.462. The van der Waals surface area contributed by atoms with Crippen molar-refractivity contribution in [1.29, 1.82) is 5.26 Å². The van der Waals surface area contributed by atoms with Crippen LogP contribution in [0.2, 0.25) is 0 Å². The maximum Gasteiger partial charge on any atom is 0.126 e. The van der Waals surface area contributed by atoms with Crippen LogP contribution in [0.15, 0.2) is 18.2 Å². The van der Waals surface area contributed by atoms with Gasteiger partial charge in [0.1, 0.15) is 5.82 Å². The van der Waals surface area contributed by atoms with Gasteiger partial charge >= 0.3 is 0 Å². The van der Waals surface area contributed by atoms with Gasteiger partial charge in [-0.2, -0.15) is 5.26 Å². The molecular weight excluding hydrogens is 203 g/mol. The van der Waals surface area contributed by atoms with E-state index in [0.717, 1.165) is 12.1 Å². The number of rotatable bonds is 4. The minimum atomic E-state index is -0.190. The summed E-state index contributed by atoms with van der Waals surface area (Å²) in [6.45, 7) is 4.42. The van der Waals surface area contributed by atoms with E-state index in [4.69, 9.17) is 5.26 Å². The number of nitrogens with zero attached hydrogens (tertiary/aromatic N) is 2. The largest absolute Gasteiger partial charge is 0.373 e. The van der Waals surface area contributed by atoms with Gasteiger partial charge in [0.15, 0.2) is 0 Å². The molecule has 0 fully saturated rings. The van der Waals surface area contributed by atoms with E-state index in [0.29, 0.717) is 12.1 Å². The van der Waals surface area contributed by atoms with E-state index in [2.05, 4.69) is 6.07 Å². The molecule has 1 aromatic rings. The molecule has 1 rings (SSSR count). The monoisotopic (exact) mass is 220 g/mol. The summed E-state index contributed by atoms with van der Waals surface area (Å²) in [5.41, 5.74) is 1.59. The van der Waals surface area contributed by atoms with E-state index in [-0.39, 0.29) is 11.7 Å². The lowest BCUT2D eigenvalue weighted by molar-refractivity contribution is 0.615. The molecule has 3 heteroatoms. The lowest BCUT2D eigenvalue weighted by Crippen LogP contribution is -2.24. The number of benzene rings is 1. The Labute approximate surface area is 96.3 Å². The Kier molecular flexibility index (Phi) is 4.30. The van der Waals surface area contributed by atoms with Crippen LogP contribution in [0.3, 0.4) is 0 Å². The first-order valence-corrected chi connectivity index (χ1v) is 5.45. The van der Waals surface area contributed by atoms with Crippen LogP contribution in [-0.2, 0) is 0 Å². The van der Waals surface area contributed by atoms with Crippen molar-refractivity contribution in [3.63, 3.8) is 0 Å². The Morgan fingerprint density at radius 2 is 2.19 bits per heavy atom. The second-order valence-corrected chi connectivity index (χ2v) is 4.05. The first-order valence-electron chi connectivity index (χ1n) is 5.45. The van der Waals surface area contributed by atoms with E-state index >= 15 is 0 Å². The van der Waals surface area contributed by atoms with Crippen molar-refractivity contribution >= 4 is 5.69 Å². The molecule has 0 aliphatic rings. The van der Waals surface area contributed by atoms with Gasteiger partial charge in [0, 0.05) is 19.3 Å². The van der Waals surface area contributed by atoms with Gasteiger partial charge in [0.05, 0.1) is 12.0 Å². The Morgan fingerprint density at radius 3 is 2.69 bits per heavy atom. The third kappa shape index (κ3) is 2.96. The maximum absolute atomic E-state index is 13.1. The highest BCUT2D eigenvalue weighted by atomic mass is 19.1. The standard InChI is InChI=1S/C13H17FN2/c1-4-11(8-15)9-16(3)12-5-6-13(14)10(2)7-12/h5-7,11H,4,9H2,1-3H3. The SMILES string of the molecule is CCC(C#N)CN(C)c1ccc(F)c(C)c1. The first kappa shape index (κ1) is 12.5. The van der Waals surface area contributed by atoms with E-state index in [9.17, 15) is 4.39 Å². The van der Waals surface area contributed by atoms with E-state index in [1.54, 1.807) is 19.1 Å². The Hall–Kier alpha value is -1.56. The molecule has 0 N–H and O–H groups in total. The number of anilines is 1. The lowest BCUT2D eigenvalue weighted by atomic mass is 10.1. The van der Waals surface area contributed by atoms with E-state index in [1.165, 1.54) is 6.07 Å². The molecule has 0 saturated heterocycles. The van der Waals surface area contributed by atoms with Crippen molar-refractivity contribution < 1.29 is 4.39 Å². The third-order valence-electron chi connectivity index (χ3n) is 2.75. The van der Waals surface area contributed by atoms with Gasteiger partial charge < -0.3 is 4.90 Å². The van der Waals surface area contributed by atoms with Crippen LogP contribution in [0.5, 0.6) is 0 Å². The zero-order chi connectivity index (χ0) is 12.1. The Morgan fingerprint density at radius 1 is 1.50 bits per heavy atom. The molecule has 0 aliphatic carbocycles. The van der Waals surface area contributed by atoms with Gasteiger partial charge in [-0.1, -0.05) is 6.92 Å². The molecule has 0 spiro atoms. The summed E-state index contributed by atoms with van der Waals surface area (Å²) in [5, 5.41) is 8.88. The molecule has 16 heavy (non-hydrogen) atoms. The quantitative estimate of drug-likeness (QED) is 0.779.